The highest BCUT2D eigenvalue weighted by molar-refractivity contribution is 5.63. The van der Waals surface area contributed by atoms with Crippen LogP contribution in [0.3, 0.4) is 0 Å². The number of hydrogen-bond donors (Lipinski definition) is 2. The average Bonchev–Trinajstić information content (AvgIpc) is 2.61. The van der Waals surface area contributed by atoms with Crippen molar-refractivity contribution in [2.24, 2.45) is 0 Å². The second-order valence-electron chi connectivity index (χ2n) is 7.49. The second-order valence-corrected chi connectivity index (χ2v) is 7.49. The van der Waals surface area contributed by atoms with Crippen LogP contribution in [-0.4, -0.2) is 17.1 Å². The Balaban J connectivity index is 1.86. The lowest BCUT2D eigenvalue weighted by Gasteiger charge is -2.23. The first-order valence-corrected chi connectivity index (χ1v) is 8.98. The largest absolute Gasteiger partial charge is 0.497 e. The SMILES string of the molecule is COc1ccc(Nc2cc(C)nc(Nc3ccccc3C(C)(C)C)n2)cc1. The number of anilines is 4. The summed E-state index contributed by atoms with van der Waals surface area (Å²) in [5.74, 6) is 2.13. The van der Waals surface area contributed by atoms with Crippen molar-refractivity contribution in [2.45, 2.75) is 33.1 Å². The number of nitrogens with zero attached hydrogens (tertiary/aromatic N) is 2. The van der Waals surface area contributed by atoms with Gasteiger partial charge < -0.3 is 15.4 Å². The molecule has 0 amide bonds. The van der Waals surface area contributed by atoms with E-state index in [0.29, 0.717) is 5.95 Å². The third kappa shape index (κ3) is 4.76. The van der Waals surface area contributed by atoms with Gasteiger partial charge in [-0.2, -0.15) is 4.98 Å². The molecular weight excluding hydrogens is 336 g/mol. The summed E-state index contributed by atoms with van der Waals surface area (Å²) in [5, 5.41) is 6.70. The molecular formula is C22H26N4O. The molecule has 1 aromatic heterocycles. The summed E-state index contributed by atoms with van der Waals surface area (Å²) in [6.07, 6.45) is 0. The summed E-state index contributed by atoms with van der Waals surface area (Å²) in [6, 6.07) is 17.9. The number of rotatable bonds is 5. The number of hydrogen-bond acceptors (Lipinski definition) is 5. The molecule has 3 aromatic rings. The van der Waals surface area contributed by atoms with E-state index in [2.05, 4.69) is 59.6 Å². The monoisotopic (exact) mass is 362 g/mol. The molecule has 0 radical (unpaired) electrons. The lowest BCUT2D eigenvalue weighted by molar-refractivity contribution is 0.415. The molecule has 0 aliphatic rings. The van der Waals surface area contributed by atoms with Crippen LogP contribution in [0.1, 0.15) is 32.0 Å². The lowest BCUT2D eigenvalue weighted by atomic mass is 9.86. The molecule has 3 rings (SSSR count). The normalized spacial score (nSPS) is 11.1. The van der Waals surface area contributed by atoms with Crippen molar-refractivity contribution in [2.75, 3.05) is 17.7 Å². The zero-order valence-corrected chi connectivity index (χ0v) is 16.5. The predicted octanol–water partition coefficient (Wildman–Crippen LogP) is 5.58. The van der Waals surface area contributed by atoms with E-state index in [9.17, 15) is 0 Å². The van der Waals surface area contributed by atoms with Crippen LogP contribution in [0.5, 0.6) is 5.75 Å². The smallest absolute Gasteiger partial charge is 0.229 e. The van der Waals surface area contributed by atoms with Crippen LogP contribution in [0.2, 0.25) is 0 Å². The molecule has 2 aromatic carbocycles. The van der Waals surface area contributed by atoms with Crippen LogP contribution in [0.4, 0.5) is 23.1 Å². The van der Waals surface area contributed by atoms with Gasteiger partial charge in [-0.05, 0) is 48.2 Å². The molecule has 5 heteroatoms. The predicted molar refractivity (Wildman–Crippen MR) is 111 cm³/mol. The number of aromatic nitrogens is 2. The summed E-state index contributed by atoms with van der Waals surface area (Å²) in [4.78, 5) is 9.16. The molecule has 0 aliphatic heterocycles. The minimum absolute atomic E-state index is 0.0254. The van der Waals surface area contributed by atoms with Crippen LogP contribution in [0, 0.1) is 6.92 Å². The van der Waals surface area contributed by atoms with Crippen LogP contribution in [0.25, 0.3) is 0 Å². The van der Waals surface area contributed by atoms with Gasteiger partial charge in [-0.25, -0.2) is 4.98 Å². The molecule has 140 valence electrons. The number of methoxy groups -OCH3 is 1. The van der Waals surface area contributed by atoms with Gasteiger partial charge in [0.25, 0.3) is 0 Å². The number of para-hydroxylation sites is 1. The topological polar surface area (TPSA) is 59.1 Å². The van der Waals surface area contributed by atoms with Gasteiger partial charge in [-0.3, -0.25) is 0 Å². The van der Waals surface area contributed by atoms with E-state index in [1.165, 1.54) is 5.56 Å². The molecule has 0 saturated carbocycles. The van der Waals surface area contributed by atoms with Crippen molar-refractivity contribution in [3.05, 3.63) is 65.9 Å². The Morgan fingerprint density at radius 3 is 2.26 bits per heavy atom. The molecule has 27 heavy (non-hydrogen) atoms. The van der Waals surface area contributed by atoms with E-state index >= 15 is 0 Å². The van der Waals surface area contributed by atoms with Gasteiger partial charge >= 0.3 is 0 Å². The maximum atomic E-state index is 5.20. The molecule has 0 unspecified atom stereocenters. The number of nitrogens with one attached hydrogen (secondary N) is 2. The van der Waals surface area contributed by atoms with Gasteiger partial charge in [0.05, 0.1) is 7.11 Å². The van der Waals surface area contributed by atoms with E-state index in [1.807, 2.05) is 43.3 Å². The Bertz CT molecular complexity index is 914. The van der Waals surface area contributed by atoms with E-state index in [1.54, 1.807) is 7.11 Å². The quantitative estimate of drug-likeness (QED) is 0.620. The van der Waals surface area contributed by atoms with Crippen molar-refractivity contribution >= 4 is 23.1 Å². The summed E-state index contributed by atoms with van der Waals surface area (Å²) in [7, 11) is 1.66. The molecule has 5 nitrogen and oxygen atoms in total. The molecule has 0 spiro atoms. The first kappa shape index (κ1) is 18.7. The minimum atomic E-state index is 0.0254. The van der Waals surface area contributed by atoms with E-state index in [4.69, 9.17) is 4.74 Å². The third-order valence-electron chi connectivity index (χ3n) is 4.20. The van der Waals surface area contributed by atoms with Gasteiger partial charge in [0.2, 0.25) is 5.95 Å². The summed E-state index contributed by atoms with van der Waals surface area (Å²) >= 11 is 0. The zero-order valence-electron chi connectivity index (χ0n) is 16.5. The van der Waals surface area contributed by atoms with Gasteiger partial charge in [-0.15, -0.1) is 0 Å². The van der Waals surface area contributed by atoms with Crippen LogP contribution in [-0.2, 0) is 5.41 Å². The molecule has 0 atom stereocenters. The van der Waals surface area contributed by atoms with Gasteiger partial charge in [0.15, 0.2) is 0 Å². The third-order valence-corrected chi connectivity index (χ3v) is 4.20. The summed E-state index contributed by atoms with van der Waals surface area (Å²) in [6.45, 7) is 8.55. The molecule has 0 fully saturated rings. The van der Waals surface area contributed by atoms with Crippen molar-refractivity contribution in [3.63, 3.8) is 0 Å². The number of ether oxygens (including phenoxy) is 1. The highest BCUT2D eigenvalue weighted by Crippen LogP contribution is 2.31. The zero-order chi connectivity index (χ0) is 19.4. The first-order valence-electron chi connectivity index (χ1n) is 8.98. The first-order chi connectivity index (χ1) is 12.8. The van der Waals surface area contributed by atoms with Crippen LogP contribution in [0.15, 0.2) is 54.6 Å². The molecule has 0 saturated heterocycles. The highest BCUT2D eigenvalue weighted by atomic mass is 16.5. The fourth-order valence-corrected chi connectivity index (χ4v) is 2.88. The van der Waals surface area contributed by atoms with Crippen molar-refractivity contribution in [3.8, 4) is 5.75 Å². The average molecular weight is 362 g/mol. The Labute approximate surface area is 160 Å². The highest BCUT2D eigenvalue weighted by Gasteiger charge is 2.18. The Morgan fingerprint density at radius 2 is 1.59 bits per heavy atom. The Hall–Kier alpha value is -3.08. The summed E-state index contributed by atoms with van der Waals surface area (Å²) < 4.78 is 5.20. The van der Waals surface area contributed by atoms with Gasteiger partial charge in [0.1, 0.15) is 11.6 Å². The number of benzene rings is 2. The van der Waals surface area contributed by atoms with E-state index in [-0.39, 0.29) is 5.41 Å². The van der Waals surface area contributed by atoms with Crippen molar-refractivity contribution in [1.29, 1.82) is 0 Å². The Morgan fingerprint density at radius 1 is 0.889 bits per heavy atom. The van der Waals surface area contributed by atoms with Crippen molar-refractivity contribution in [1.82, 2.24) is 9.97 Å². The maximum Gasteiger partial charge on any atom is 0.229 e. The molecule has 0 bridgehead atoms. The van der Waals surface area contributed by atoms with Gasteiger partial charge in [-0.1, -0.05) is 39.0 Å². The van der Waals surface area contributed by atoms with E-state index in [0.717, 1.165) is 28.6 Å². The second kappa shape index (κ2) is 7.66. The van der Waals surface area contributed by atoms with E-state index < -0.39 is 0 Å². The standard InChI is InChI=1S/C22H26N4O/c1-15-14-20(24-16-10-12-17(27-5)13-11-16)26-21(23-15)25-19-9-7-6-8-18(19)22(2,3)4/h6-14H,1-5H3,(H2,23,24,25,26). The lowest BCUT2D eigenvalue weighted by Crippen LogP contribution is -2.14. The molecule has 2 N–H and O–H groups in total. The van der Waals surface area contributed by atoms with Gasteiger partial charge in [0, 0.05) is 23.1 Å². The fraction of sp³-hybridized carbons (Fsp3) is 0.273. The van der Waals surface area contributed by atoms with Crippen LogP contribution >= 0.6 is 0 Å². The fourth-order valence-electron chi connectivity index (χ4n) is 2.88. The minimum Gasteiger partial charge on any atom is -0.497 e. The molecule has 0 aliphatic carbocycles. The maximum absolute atomic E-state index is 5.20. The van der Waals surface area contributed by atoms with Crippen molar-refractivity contribution < 1.29 is 4.74 Å². The number of aryl methyl sites for hydroxylation is 1. The van der Waals surface area contributed by atoms with Crippen LogP contribution < -0.4 is 15.4 Å². The summed E-state index contributed by atoms with van der Waals surface area (Å²) in [5.41, 5.74) is 4.09. The molecule has 1 heterocycles. The Kier molecular flexibility index (Phi) is 5.31.